The van der Waals surface area contributed by atoms with Crippen LogP contribution in [0.5, 0.6) is 0 Å². The molecule has 18 heavy (non-hydrogen) atoms. The predicted octanol–water partition coefficient (Wildman–Crippen LogP) is 1.53. The number of rotatable bonds is 2. The fourth-order valence-electron chi connectivity index (χ4n) is 1.35. The summed E-state index contributed by atoms with van der Waals surface area (Å²) in [5.41, 5.74) is 2.66. The topological polar surface area (TPSA) is 63.7 Å². The van der Waals surface area contributed by atoms with E-state index in [2.05, 4.69) is 43.0 Å². The minimum atomic E-state index is -0.461. The summed E-state index contributed by atoms with van der Waals surface area (Å²) >= 11 is 0. The molecule has 0 spiro atoms. The number of nitrogens with zero attached hydrogens (tertiary/aromatic N) is 1. The van der Waals surface area contributed by atoms with Crippen LogP contribution < -0.4 is 0 Å². The molecular weight excluding hydrogens is 234 g/mol. The van der Waals surface area contributed by atoms with Gasteiger partial charge >= 0.3 is 6.47 Å². The number of benzene rings is 1. The average molecular weight is 249 g/mol. The maximum Gasteiger partial charge on any atom is 0.321 e. The molecular formula is C13H15NO4. The van der Waals surface area contributed by atoms with Gasteiger partial charge in [0.05, 0.1) is 0 Å². The molecule has 1 saturated heterocycles. The largest absolute Gasteiger partial charge is 0.334 e. The molecule has 0 saturated carbocycles. The Morgan fingerprint density at radius 2 is 1.39 bits per heavy atom. The number of hydrogen-bond acceptors (Lipinski definition) is 4. The van der Waals surface area contributed by atoms with Crippen molar-refractivity contribution in [2.24, 2.45) is 0 Å². The van der Waals surface area contributed by atoms with E-state index in [0.29, 0.717) is 5.06 Å². The number of aryl methyl sites for hydroxylation is 2. The van der Waals surface area contributed by atoms with Crippen molar-refractivity contribution in [2.75, 3.05) is 0 Å². The summed E-state index contributed by atoms with van der Waals surface area (Å²) < 4.78 is 0. The lowest BCUT2D eigenvalue weighted by Gasteiger charge is -2.06. The van der Waals surface area contributed by atoms with Gasteiger partial charge in [0.25, 0.3) is 11.8 Å². The number of carbonyl (C=O) groups excluding carboxylic acids is 3. The van der Waals surface area contributed by atoms with Crippen molar-refractivity contribution in [3.05, 3.63) is 35.4 Å². The highest BCUT2D eigenvalue weighted by atomic mass is 16.7. The Morgan fingerprint density at radius 3 is 1.72 bits per heavy atom. The normalized spacial score (nSPS) is 14.0. The molecule has 0 unspecified atom stereocenters. The first kappa shape index (κ1) is 13.9. The molecule has 1 aromatic rings. The SMILES string of the molecule is Cc1ccc(C)cc1.O=CON1C(=O)CCC1=O. The van der Waals surface area contributed by atoms with Gasteiger partial charge in [-0.3, -0.25) is 14.4 Å². The molecule has 1 fully saturated rings. The second kappa shape index (κ2) is 6.54. The summed E-state index contributed by atoms with van der Waals surface area (Å²) in [6.07, 6.45) is 0.263. The molecule has 1 aliphatic heterocycles. The number of imide groups is 1. The lowest BCUT2D eigenvalue weighted by Crippen LogP contribution is -2.28. The first-order valence-corrected chi connectivity index (χ1v) is 5.54. The van der Waals surface area contributed by atoms with Crippen LogP contribution in [0.3, 0.4) is 0 Å². The van der Waals surface area contributed by atoms with Gasteiger partial charge in [0.15, 0.2) is 0 Å². The first-order chi connectivity index (χ1) is 8.54. The highest BCUT2D eigenvalue weighted by molar-refractivity contribution is 6.01. The van der Waals surface area contributed by atoms with Crippen molar-refractivity contribution in [2.45, 2.75) is 26.7 Å². The van der Waals surface area contributed by atoms with Crippen molar-refractivity contribution in [1.82, 2.24) is 5.06 Å². The van der Waals surface area contributed by atoms with Gasteiger partial charge in [-0.2, -0.15) is 0 Å². The fraction of sp³-hybridized carbons (Fsp3) is 0.308. The maximum absolute atomic E-state index is 10.6. The summed E-state index contributed by atoms with van der Waals surface area (Å²) in [5.74, 6) is -0.922. The van der Waals surface area contributed by atoms with Crippen LogP contribution in [0.1, 0.15) is 24.0 Å². The summed E-state index contributed by atoms with van der Waals surface area (Å²) in [5, 5.41) is 0.479. The van der Waals surface area contributed by atoms with Gasteiger partial charge in [-0.15, -0.1) is 5.06 Å². The fourth-order valence-corrected chi connectivity index (χ4v) is 1.35. The second-order valence-electron chi connectivity index (χ2n) is 3.94. The van der Waals surface area contributed by atoms with E-state index in [1.54, 1.807) is 0 Å². The van der Waals surface area contributed by atoms with Crippen molar-refractivity contribution in [3.63, 3.8) is 0 Å². The first-order valence-electron chi connectivity index (χ1n) is 5.54. The smallest absolute Gasteiger partial charge is 0.321 e. The van der Waals surface area contributed by atoms with E-state index >= 15 is 0 Å². The zero-order valence-electron chi connectivity index (χ0n) is 10.4. The molecule has 0 bridgehead atoms. The zero-order valence-corrected chi connectivity index (χ0v) is 10.4. The summed E-state index contributed by atoms with van der Waals surface area (Å²) in [7, 11) is 0. The van der Waals surface area contributed by atoms with Crippen LogP contribution in [-0.4, -0.2) is 23.3 Å². The molecule has 0 radical (unpaired) electrons. The van der Waals surface area contributed by atoms with Crippen LogP contribution in [0.15, 0.2) is 24.3 Å². The molecule has 96 valence electrons. The van der Waals surface area contributed by atoms with Gasteiger partial charge in [-0.1, -0.05) is 35.4 Å². The average Bonchev–Trinajstić information content (AvgIpc) is 2.66. The quantitative estimate of drug-likeness (QED) is 0.589. The third-order valence-corrected chi connectivity index (χ3v) is 2.37. The highest BCUT2D eigenvalue weighted by Gasteiger charge is 2.30. The molecule has 1 aromatic carbocycles. The lowest BCUT2D eigenvalue weighted by molar-refractivity contribution is -0.188. The molecule has 2 rings (SSSR count). The van der Waals surface area contributed by atoms with E-state index in [1.165, 1.54) is 11.1 Å². The number of carbonyl (C=O) groups is 3. The van der Waals surface area contributed by atoms with Crippen LogP contribution >= 0.6 is 0 Å². The van der Waals surface area contributed by atoms with Crippen LogP contribution in [0.2, 0.25) is 0 Å². The number of hydroxylamine groups is 2. The van der Waals surface area contributed by atoms with Crippen molar-refractivity contribution >= 4 is 18.3 Å². The zero-order chi connectivity index (χ0) is 13.5. The van der Waals surface area contributed by atoms with Crippen molar-refractivity contribution in [3.8, 4) is 0 Å². The molecule has 5 heteroatoms. The van der Waals surface area contributed by atoms with Crippen LogP contribution in [0, 0.1) is 13.8 Å². The van der Waals surface area contributed by atoms with Gasteiger partial charge < -0.3 is 4.84 Å². The van der Waals surface area contributed by atoms with Crippen LogP contribution in [0.25, 0.3) is 0 Å². The molecule has 5 nitrogen and oxygen atoms in total. The van der Waals surface area contributed by atoms with Crippen LogP contribution in [0.4, 0.5) is 0 Å². The van der Waals surface area contributed by atoms with E-state index in [-0.39, 0.29) is 19.3 Å². The Labute approximate surface area is 105 Å². The monoisotopic (exact) mass is 249 g/mol. The molecule has 0 N–H and O–H groups in total. The Balaban J connectivity index is 0.000000184. The molecule has 1 heterocycles. The van der Waals surface area contributed by atoms with Gasteiger partial charge in [-0.25, -0.2) is 0 Å². The molecule has 0 atom stereocenters. The summed E-state index contributed by atoms with van der Waals surface area (Å²) in [6.45, 7) is 4.25. The third kappa shape index (κ3) is 4.01. The Bertz CT molecular complexity index is 402. The lowest BCUT2D eigenvalue weighted by atomic mass is 10.2. The number of amides is 2. The number of hydrogen-bond donors (Lipinski definition) is 0. The molecule has 0 aromatic heterocycles. The Kier molecular flexibility index (Phi) is 5.05. The van der Waals surface area contributed by atoms with E-state index in [9.17, 15) is 14.4 Å². The van der Waals surface area contributed by atoms with E-state index in [1.807, 2.05) is 0 Å². The van der Waals surface area contributed by atoms with Gasteiger partial charge in [0.2, 0.25) is 0 Å². The highest BCUT2D eigenvalue weighted by Crippen LogP contribution is 2.10. The second-order valence-corrected chi connectivity index (χ2v) is 3.94. The van der Waals surface area contributed by atoms with Gasteiger partial charge in [-0.05, 0) is 13.8 Å². The van der Waals surface area contributed by atoms with E-state index < -0.39 is 11.8 Å². The van der Waals surface area contributed by atoms with Gasteiger partial charge in [0.1, 0.15) is 0 Å². The molecule has 2 amide bonds. The van der Waals surface area contributed by atoms with Crippen LogP contribution in [-0.2, 0) is 19.2 Å². The molecule has 1 aliphatic rings. The van der Waals surface area contributed by atoms with E-state index in [4.69, 9.17) is 0 Å². The van der Waals surface area contributed by atoms with Crippen molar-refractivity contribution < 1.29 is 19.2 Å². The van der Waals surface area contributed by atoms with Crippen molar-refractivity contribution in [1.29, 1.82) is 0 Å². The Hall–Kier alpha value is -2.17. The van der Waals surface area contributed by atoms with Gasteiger partial charge in [0, 0.05) is 12.8 Å². The molecule has 0 aliphatic carbocycles. The standard InChI is InChI=1S/C8H10.C5H5NO4/c1-7-3-5-8(2)6-4-7;7-3-10-6-4(8)1-2-5(6)9/h3-6H,1-2H3;3H,1-2H2. The predicted molar refractivity (Wildman–Crippen MR) is 64.2 cm³/mol. The minimum absolute atomic E-state index is 0.0567. The summed E-state index contributed by atoms with van der Waals surface area (Å²) in [4.78, 5) is 35.0. The Morgan fingerprint density at radius 1 is 1.00 bits per heavy atom. The third-order valence-electron chi connectivity index (χ3n) is 2.37. The minimum Gasteiger partial charge on any atom is -0.334 e. The maximum atomic E-state index is 10.6. The summed E-state index contributed by atoms with van der Waals surface area (Å²) in [6, 6.07) is 8.48. The van der Waals surface area contributed by atoms with E-state index in [0.717, 1.165) is 0 Å².